The van der Waals surface area contributed by atoms with Crippen molar-refractivity contribution >= 4 is 32.7 Å². The minimum absolute atomic E-state index is 0.539. The van der Waals surface area contributed by atoms with E-state index in [-0.39, 0.29) is 0 Å². The summed E-state index contributed by atoms with van der Waals surface area (Å²) >= 11 is 3.55. The first kappa shape index (κ1) is 12.6. The van der Waals surface area contributed by atoms with Crippen LogP contribution < -0.4 is 0 Å². The molecule has 1 fully saturated rings. The quantitative estimate of drug-likeness (QED) is 0.641. The number of benzene rings is 1. The van der Waals surface area contributed by atoms with Crippen molar-refractivity contribution in [2.45, 2.75) is 19.3 Å². The van der Waals surface area contributed by atoms with Crippen molar-refractivity contribution in [3.05, 3.63) is 40.5 Å². The van der Waals surface area contributed by atoms with E-state index in [0.717, 1.165) is 34.2 Å². The lowest BCUT2D eigenvalue weighted by Crippen LogP contribution is -2.36. The Morgan fingerprint density at radius 3 is 2.68 bits per heavy atom. The van der Waals surface area contributed by atoms with Gasteiger partial charge in [0.1, 0.15) is 11.5 Å². The van der Waals surface area contributed by atoms with Crippen molar-refractivity contribution in [3.63, 3.8) is 0 Å². The highest BCUT2D eigenvalue weighted by Gasteiger charge is 2.18. The van der Waals surface area contributed by atoms with Gasteiger partial charge in [-0.25, -0.2) is 4.98 Å². The Labute approximate surface area is 121 Å². The van der Waals surface area contributed by atoms with Crippen molar-refractivity contribution in [1.82, 2.24) is 9.88 Å². The highest BCUT2D eigenvalue weighted by Crippen LogP contribution is 2.23. The minimum Gasteiger partial charge on any atom is -0.355 e. The molecular formula is C15H16BrN3. The number of fused-ring (bicyclic) bond motifs is 1. The molecule has 0 saturated carbocycles. The highest BCUT2D eigenvalue weighted by atomic mass is 79.9. The van der Waals surface area contributed by atoms with Crippen LogP contribution in [0.1, 0.15) is 25.0 Å². The van der Waals surface area contributed by atoms with Gasteiger partial charge >= 0.3 is 0 Å². The van der Waals surface area contributed by atoms with Crippen molar-refractivity contribution in [2.75, 3.05) is 13.1 Å². The number of likely N-dealkylation sites (tertiary alicyclic amines) is 1. The van der Waals surface area contributed by atoms with Gasteiger partial charge in [0.15, 0.2) is 0 Å². The first-order valence-corrected chi connectivity index (χ1v) is 7.44. The summed E-state index contributed by atoms with van der Waals surface area (Å²) in [5.74, 6) is 0.539. The fourth-order valence-corrected chi connectivity index (χ4v) is 3.05. The second kappa shape index (κ2) is 5.29. The average molecular weight is 318 g/mol. The molecule has 0 bridgehead atoms. The lowest BCUT2D eigenvalue weighted by atomic mass is 10.1. The Morgan fingerprint density at radius 1 is 1.16 bits per heavy atom. The molecule has 4 heteroatoms. The van der Waals surface area contributed by atoms with Crippen LogP contribution >= 0.6 is 15.9 Å². The maximum Gasteiger partial charge on any atom is 0.148 e. The largest absolute Gasteiger partial charge is 0.355 e. The molecular weight excluding hydrogens is 302 g/mol. The van der Waals surface area contributed by atoms with Crippen LogP contribution in [0.3, 0.4) is 0 Å². The predicted molar refractivity (Wildman–Crippen MR) is 81.7 cm³/mol. The molecule has 1 aromatic heterocycles. The third-order valence-electron chi connectivity index (χ3n) is 3.57. The number of nitrogens with zero attached hydrogens (tertiary/aromatic N) is 2. The Bertz CT molecular complexity index is 618. The van der Waals surface area contributed by atoms with E-state index in [1.165, 1.54) is 19.3 Å². The molecule has 1 aliphatic heterocycles. The summed E-state index contributed by atoms with van der Waals surface area (Å²) in [6.07, 6.45) is 3.62. The third kappa shape index (κ3) is 2.50. The molecule has 3 rings (SSSR count). The Morgan fingerprint density at radius 2 is 1.89 bits per heavy atom. The second-order valence-electron chi connectivity index (χ2n) is 4.91. The second-order valence-corrected chi connectivity index (χ2v) is 5.76. The van der Waals surface area contributed by atoms with Gasteiger partial charge in [0, 0.05) is 22.9 Å². The van der Waals surface area contributed by atoms with E-state index in [1.807, 2.05) is 24.3 Å². The number of hydrogen-bond donors (Lipinski definition) is 1. The van der Waals surface area contributed by atoms with Gasteiger partial charge in [0.25, 0.3) is 0 Å². The molecule has 19 heavy (non-hydrogen) atoms. The molecule has 1 aromatic carbocycles. The smallest absolute Gasteiger partial charge is 0.148 e. The number of halogens is 1. The molecule has 1 aliphatic rings. The van der Waals surface area contributed by atoms with Crippen molar-refractivity contribution in [2.24, 2.45) is 0 Å². The zero-order valence-electron chi connectivity index (χ0n) is 10.7. The normalized spacial score (nSPS) is 15.7. The van der Waals surface area contributed by atoms with E-state index in [0.29, 0.717) is 5.84 Å². The van der Waals surface area contributed by atoms with E-state index in [4.69, 9.17) is 5.41 Å². The summed E-state index contributed by atoms with van der Waals surface area (Å²) < 4.78 is 0.904. The molecule has 0 amide bonds. The van der Waals surface area contributed by atoms with Crippen LogP contribution in [0.2, 0.25) is 0 Å². The van der Waals surface area contributed by atoms with E-state index >= 15 is 0 Å². The maximum atomic E-state index is 8.37. The van der Waals surface area contributed by atoms with Crippen molar-refractivity contribution in [3.8, 4) is 0 Å². The van der Waals surface area contributed by atoms with Crippen molar-refractivity contribution in [1.29, 1.82) is 5.41 Å². The Kier molecular flexibility index (Phi) is 3.51. The monoisotopic (exact) mass is 317 g/mol. The molecule has 0 atom stereocenters. The Hall–Kier alpha value is -1.42. The molecule has 0 unspecified atom stereocenters. The van der Waals surface area contributed by atoms with Gasteiger partial charge in [-0.1, -0.05) is 18.2 Å². The zero-order valence-corrected chi connectivity index (χ0v) is 12.3. The minimum atomic E-state index is 0.539. The number of amidine groups is 1. The molecule has 0 radical (unpaired) electrons. The Balaban J connectivity index is 1.99. The maximum absolute atomic E-state index is 8.37. The molecule has 98 valence electrons. The SMILES string of the molecule is N=C(c1nc2ccccc2cc1Br)N1CCCCC1. The van der Waals surface area contributed by atoms with Gasteiger partial charge in [0.2, 0.25) is 0 Å². The number of rotatable bonds is 1. The zero-order chi connectivity index (χ0) is 13.2. The van der Waals surface area contributed by atoms with E-state index < -0.39 is 0 Å². The predicted octanol–water partition coefficient (Wildman–Crippen LogP) is 3.81. The molecule has 0 spiro atoms. The first-order valence-electron chi connectivity index (χ1n) is 6.65. The molecule has 3 nitrogen and oxygen atoms in total. The average Bonchev–Trinajstić information content (AvgIpc) is 2.47. The summed E-state index contributed by atoms with van der Waals surface area (Å²) in [6, 6.07) is 10.1. The van der Waals surface area contributed by atoms with Crippen molar-refractivity contribution < 1.29 is 0 Å². The lowest BCUT2D eigenvalue weighted by Gasteiger charge is -2.29. The summed E-state index contributed by atoms with van der Waals surface area (Å²) in [5, 5.41) is 9.48. The summed E-state index contributed by atoms with van der Waals surface area (Å²) in [5.41, 5.74) is 1.70. The third-order valence-corrected chi connectivity index (χ3v) is 4.18. The molecule has 1 saturated heterocycles. The number of hydrogen-bond acceptors (Lipinski definition) is 2. The molecule has 0 aliphatic carbocycles. The van der Waals surface area contributed by atoms with E-state index in [9.17, 15) is 0 Å². The van der Waals surface area contributed by atoms with Crippen LogP contribution in [0.5, 0.6) is 0 Å². The topological polar surface area (TPSA) is 40.0 Å². The first-order chi connectivity index (χ1) is 9.25. The number of aromatic nitrogens is 1. The van der Waals surface area contributed by atoms with Crippen LogP contribution in [0.25, 0.3) is 10.9 Å². The van der Waals surface area contributed by atoms with Crippen LogP contribution in [-0.2, 0) is 0 Å². The number of nitrogens with one attached hydrogen (secondary N) is 1. The fourth-order valence-electron chi connectivity index (χ4n) is 2.52. The van der Waals surface area contributed by atoms with Crippen LogP contribution in [-0.4, -0.2) is 28.8 Å². The number of piperidine rings is 1. The molecule has 2 heterocycles. The van der Waals surface area contributed by atoms with Crippen LogP contribution in [0.15, 0.2) is 34.8 Å². The van der Waals surface area contributed by atoms with Gasteiger partial charge < -0.3 is 4.90 Å². The van der Waals surface area contributed by atoms with Gasteiger partial charge in [0.05, 0.1) is 5.52 Å². The summed E-state index contributed by atoms with van der Waals surface area (Å²) in [4.78, 5) is 6.77. The van der Waals surface area contributed by atoms with Gasteiger partial charge in [-0.15, -0.1) is 0 Å². The highest BCUT2D eigenvalue weighted by molar-refractivity contribution is 9.10. The van der Waals surface area contributed by atoms with Gasteiger partial charge in [-0.05, 0) is 47.3 Å². The summed E-state index contributed by atoms with van der Waals surface area (Å²) in [7, 11) is 0. The van der Waals surface area contributed by atoms with Crippen LogP contribution in [0, 0.1) is 5.41 Å². The molecule has 1 N–H and O–H groups in total. The summed E-state index contributed by atoms with van der Waals surface area (Å²) in [6.45, 7) is 1.94. The van der Waals surface area contributed by atoms with E-state index in [1.54, 1.807) is 0 Å². The number of para-hydroxylation sites is 1. The molecule has 2 aromatic rings. The lowest BCUT2D eigenvalue weighted by molar-refractivity contribution is 0.340. The van der Waals surface area contributed by atoms with Crippen LogP contribution in [0.4, 0.5) is 0 Å². The van der Waals surface area contributed by atoms with Gasteiger partial charge in [-0.2, -0.15) is 0 Å². The van der Waals surface area contributed by atoms with E-state index in [2.05, 4.69) is 31.9 Å². The van der Waals surface area contributed by atoms with Gasteiger partial charge in [-0.3, -0.25) is 5.41 Å². The fraction of sp³-hybridized carbons (Fsp3) is 0.333. The number of pyridine rings is 1. The standard InChI is InChI=1S/C15H16BrN3/c16-12-10-11-6-2-3-7-13(11)18-14(12)15(17)19-8-4-1-5-9-19/h2-3,6-7,10,17H,1,4-5,8-9H2.